The molecule has 0 saturated heterocycles. The Labute approximate surface area is 321 Å². The van der Waals surface area contributed by atoms with E-state index < -0.39 is 0 Å². The molecule has 0 spiro atoms. The van der Waals surface area contributed by atoms with E-state index >= 15 is 0 Å². The maximum absolute atomic E-state index is 2.49. The molecule has 2 heteroatoms. The highest BCUT2D eigenvalue weighted by Gasteiger charge is 2.35. The van der Waals surface area contributed by atoms with E-state index in [0.29, 0.717) is 0 Å². The highest BCUT2D eigenvalue weighted by atomic mass is 15.1. The Bertz CT molecular complexity index is 3100. The van der Waals surface area contributed by atoms with Crippen molar-refractivity contribution in [3.8, 4) is 27.9 Å². The average molecular weight is 703 g/mol. The summed E-state index contributed by atoms with van der Waals surface area (Å²) in [6.45, 7) is 4.75. The van der Waals surface area contributed by atoms with Crippen LogP contribution in [0.2, 0.25) is 0 Å². The molecule has 2 nitrogen and oxygen atoms in total. The van der Waals surface area contributed by atoms with Gasteiger partial charge in [-0.1, -0.05) is 153 Å². The molecule has 10 aromatic rings. The number of hydrogen-bond donors (Lipinski definition) is 0. The third-order valence-electron chi connectivity index (χ3n) is 12.0. The highest BCUT2D eigenvalue weighted by molar-refractivity contribution is 6.12. The molecule has 0 N–H and O–H groups in total. The van der Waals surface area contributed by atoms with Crippen LogP contribution in [0.5, 0.6) is 0 Å². The van der Waals surface area contributed by atoms with Gasteiger partial charge in [-0.05, 0) is 110 Å². The largest absolute Gasteiger partial charge is 0.310 e. The zero-order chi connectivity index (χ0) is 36.7. The lowest BCUT2D eigenvalue weighted by Gasteiger charge is -2.35. The van der Waals surface area contributed by atoms with Crippen LogP contribution in [0.15, 0.2) is 194 Å². The first kappa shape index (κ1) is 31.6. The normalized spacial score (nSPS) is 13.1. The maximum atomic E-state index is 2.49. The first-order valence-corrected chi connectivity index (χ1v) is 19.2. The Morgan fingerprint density at radius 2 is 0.945 bits per heavy atom. The predicted molar refractivity (Wildman–Crippen MR) is 233 cm³/mol. The Morgan fingerprint density at radius 3 is 1.71 bits per heavy atom. The second kappa shape index (κ2) is 12.1. The zero-order valence-electron chi connectivity index (χ0n) is 30.9. The first-order valence-electron chi connectivity index (χ1n) is 19.2. The summed E-state index contributed by atoms with van der Waals surface area (Å²) < 4.78 is 2.49. The van der Waals surface area contributed by atoms with E-state index in [-0.39, 0.29) is 5.41 Å². The SMILES string of the molecule is CC1(C)c2cc(-c3ccc(N(c4ccc(-c5ccccc5)cc4)c4ccc5ccc6ccccc6c5c4)cc3)ccc2-n2c3ccccc3c3cccc1c32. The van der Waals surface area contributed by atoms with Crippen molar-refractivity contribution in [2.24, 2.45) is 0 Å². The van der Waals surface area contributed by atoms with E-state index in [4.69, 9.17) is 0 Å². The van der Waals surface area contributed by atoms with Crippen molar-refractivity contribution in [2.45, 2.75) is 19.3 Å². The summed E-state index contributed by atoms with van der Waals surface area (Å²) in [4.78, 5) is 2.38. The monoisotopic (exact) mass is 702 g/mol. The molecule has 55 heavy (non-hydrogen) atoms. The van der Waals surface area contributed by atoms with Crippen molar-refractivity contribution in [3.05, 3.63) is 205 Å². The standard InChI is InChI=1S/C53H38N2/c1-53(2)48-17-10-16-46-45-15-8-9-18-50(45)55(52(46)48)51-32-26-40(33-49(51)53)37-23-29-42(30-24-37)54(41-27-21-36(22-28-41)35-11-4-3-5-12-35)43-31-25-39-20-19-38-13-6-7-14-44(38)47(39)34-43/h3-34H,1-2H3. The van der Waals surface area contributed by atoms with Gasteiger partial charge in [-0.15, -0.1) is 0 Å². The highest BCUT2D eigenvalue weighted by Crippen LogP contribution is 2.48. The number of fused-ring (bicyclic) bond motifs is 8. The third kappa shape index (κ3) is 4.88. The maximum Gasteiger partial charge on any atom is 0.0582 e. The summed E-state index contributed by atoms with van der Waals surface area (Å²) in [7, 11) is 0. The topological polar surface area (TPSA) is 8.17 Å². The summed E-state index contributed by atoms with van der Waals surface area (Å²) in [5.41, 5.74) is 14.6. The minimum absolute atomic E-state index is 0.155. The second-order valence-corrected chi connectivity index (χ2v) is 15.4. The summed E-state index contributed by atoms with van der Waals surface area (Å²) in [5, 5.41) is 7.64. The number of aromatic nitrogens is 1. The van der Waals surface area contributed by atoms with Crippen LogP contribution >= 0.6 is 0 Å². The molecule has 0 fully saturated rings. The van der Waals surface area contributed by atoms with Crippen LogP contribution in [-0.4, -0.2) is 4.57 Å². The van der Waals surface area contributed by atoms with Gasteiger partial charge in [0.05, 0.1) is 16.7 Å². The molecule has 2 heterocycles. The first-order chi connectivity index (χ1) is 27.0. The lowest BCUT2D eigenvalue weighted by Crippen LogP contribution is -2.26. The van der Waals surface area contributed by atoms with Gasteiger partial charge >= 0.3 is 0 Å². The van der Waals surface area contributed by atoms with Crippen LogP contribution in [0, 0.1) is 0 Å². The van der Waals surface area contributed by atoms with Crippen LogP contribution in [0.3, 0.4) is 0 Å². The van der Waals surface area contributed by atoms with Crippen LogP contribution < -0.4 is 4.90 Å². The molecule has 9 aromatic carbocycles. The number of hydrogen-bond acceptors (Lipinski definition) is 1. The van der Waals surface area contributed by atoms with E-state index in [1.54, 1.807) is 0 Å². The van der Waals surface area contributed by atoms with Gasteiger partial charge in [0.2, 0.25) is 0 Å². The molecular weight excluding hydrogens is 665 g/mol. The Hall–Kier alpha value is -6.90. The predicted octanol–water partition coefficient (Wildman–Crippen LogP) is 14.5. The Balaban J connectivity index is 1.03. The number of rotatable bonds is 5. The van der Waals surface area contributed by atoms with E-state index in [2.05, 4.69) is 217 Å². The molecule has 0 atom stereocenters. The van der Waals surface area contributed by atoms with Crippen molar-refractivity contribution in [2.75, 3.05) is 4.90 Å². The number of benzene rings is 9. The molecule has 0 unspecified atom stereocenters. The molecular formula is C53H38N2. The van der Waals surface area contributed by atoms with Gasteiger partial charge < -0.3 is 9.47 Å². The molecule has 0 aliphatic carbocycles. The summed E-state index contributed by atoms with van der Waals surface area (Å²) in [6, 6.07) is 71.4. The third-order valence-corrected chi connectivity index (χ3v) is 12.0. The Morgan fingerprint density at radius 1 is 0.382 bits per heavy atom. The van der Waals surface area contributed by atoms with Crippen LogP contribution in [0.4, 0.5) is 17.1 Å². The average Bonchev–Trinajstić information content (AvgIpc) is 3.58. The summed E-state index contributed by atoms with van der Waals surface area (Å²) in [6.07, 6.45) is 0. The van der Waals surface area contributed by atoms with Gasteiger partial charge in [-0.3, -0.25) is 0 Å². The van der Waals surface area contributed by atoms with Crippen molar-refractivity contribution < 1.29 is 0 Å². The molecule has 11 rings (SSSR count). The van der Waals surface area contributed by atoms with Gasteiger partial charge in [0.15, 0.2) is 0 Å². The minimum Gasteiger partial charge on any atom is -0.310 e. The van der Waals surface area contributed by atoms with Gasteiger partial charge in [0, 0.05) is 33.2 Å². The van der Waals surface area contributed by atoms with Gasteiger partial charge in [0.1, 0.15) is 0 Å². The van der Waals surface area contributed by atoms with Gasteiger partial charge in [0.25, 0.3) is 0 Å². The molecule has 260 valence electrons. The van der Waals surface area contributed by atoms with Gasteiger partial charge in [-0.2, -0.15) is 0 Å². The van der Waals surface area contributed by atoms with Crippen molar-refractivity contribution in [3.63, 3.8) is 0 Å². The number of para-hydroxylation sites is 2. The van der Waals surface area contributed by atoms with E-state index in [1.165, 1.54) is 82.4 Å². The van der Waals surface area contributed by atoms with E-state index in [9.17, 15) is 0 Å². The van der Waals surface area contributed by atoms with Crippen molar-refractivity contribution in [1.82, 2.24) is 4.57 Å². The fraction of sp³-hybridized carbons (Fsp3) is 0.0566. The molecule has 0 bridgehead atoms. The molecule has 0 amide bonds. The van der Waals surface area contributed by atoms with Crippen LogP contribution in [-0.2, 0) is 5.41 Å². The molecule has 0 radical (unpaired) electrons. The second-order valence-electron chi connectivity index (χ2n) is 15.4. The smallest absolute Gasteiger partial charge is 0.0582 e. The van der Waals surface area contributed by atoms with E-state index in [0.717, 1.165) is 17.1 Å². The molecule has 1 aliphatic heterocycles. The minimum atomic E-state index is -0.155. The number of anilines is 3. The molecule has 1 aliphatic rings. The Kier molecular flexibility index (Phi) is 6.93. The van der Waals surface area contributed by atoms with Gasteiger partial charge in [-0.25, -0.2) is 0 Å². The molecule has 1 aromatic heterocycles. The lowest BCUT2D eigenvalue weighted by atomic mass is 9.74. The van der Waals surface area contributed by atoms with Crippen molar-refractivity contribution in [1.29, 1.82) is 0 Å². The lowest BCUT2D eigenvalue weighted by molar-refractivity contribution is 0.630. The fourth-order valence-electron chi connectivity index (χ4n) is 9.14. The van der Waals surface area contributed by atoms with E-state index in [1.807, 2.05) is 0 Å². The van der Waals surface area contributed by atoms with Crippen LogP contribution in [0.1, 0.15) is 25.0 Å². The van der Waals surface area contributed by atoms with Crippen molar-refractivity contribution >= 4 is 60.4 Å². The number of nitrogens with zero attached hydrogens (tertiary/aromatic N) is 2. The quantitative estimate of drug-likeness (QED) is 0.162. The fourth-order valence-corrected chi connectivity index (χ4v) is 9.14. The van der Waals surface area contributed by atoms with Crippen LogP contribution in [0.25, 0.3) is 71.3 Å². The summed E-state index contributed by atoms with van der Waals surface area (Å²) in [5.74, 6) is 0. The summed E-state index contributed by atoms with van der Waals surface area (Å²) >= 11 is 0. The molecule has 0 saturated carbocycles. The zero-order valence-corrected chi connectivity index (χ0v) is 30.9.